The minimum atomic E-state index is -0.641. The first-order chi connectivity index (χ1) is 19.2. The third kappa shape index (κ3) is 4.36. The molecule has 6 nitrogen and oxygen atoms in total. The number of allylic oxidation sites excluding steroid dienone is 2. The van der Waals surface area contributed by atoms with Gasteiger partial charge >= 0.3 is 23.1 Å². The molecule has 41 heavy (non-hydrogen) atoms. The standard InChI is InChI=1S/C34H37N4O2.Mg/c1-8-11-22-18(6)26-12-24-16(4)20(9-2)28(35-24)13-25-17(5)21(10-3)29(36-25)14-27-19(7)30-33(38-27)31(32(22)37-26)23(15-39)34(30)40;/h9,12-14,18,22-23,39H,2,8,10-11,15H2,1,3-7H3,(H-,37,38,40);/q-3;+2/p-1/b25-13-,26-12-,29-14-;/t18-,22-,23+;/m0./s1. The van der Waals surface area contributed by atoms with Crippen LogP contribution in [0.4, 0.5) is 0 Å². The molecule has 0 amide bonds. The number of aliphatic hydroxyl groups excluding tert-OH is 1. The fraction of sp³-hybridized carbons (Fsp3) is 0.382. The molecule has 0 radical (unpaired) electrons. The van der Waals surface area contributed by atoms with Crippen LogP contribution in [0.1, 0.15) is 94.6 Å². The van der Waals surface area contributed by atoms with E-state index in [9.17, 15) is 9.90 Å². The van der Waals surface area contributed by atoms with Crippen LogP contribution in [0.15, 0.2) is 18.0 Å². The van der Waals surface area contributed by atoms with Crippen molar-refractivity contribution in [2.45, 2.75) is 60.8 Å². The summed E-state index contributed by atoms with van der Waals surface area (Å²) in [5, 5.41) is 17.4. The predicted molar refractivity (Wildman–Crippen MR) is 166 cm³/mol. The molecular weight excluding hydrogens is 521 g/mol. The maximum absolute atomic E-state index is 13.7. The summed E-state index contributed by atoms with van der Waals surface area (Å²) in [6.45, 7) is 16.5. The Morgan fingerprint density at radius 2 is 1.66 bits per heavy atom. The van der Waals surface area contributed by atoms with Gasteiger partial charge in [-0.3, -0.25) is 4.79 Å². The van der Waals surface area contributed by atoms with E-state index in [1.54, 1.807) is 0 Å². The minimum absolute atomic E-state index is 0. The number of Topliss-reactive ketones (excluding diaryl/α,β-unsaturated/α-hetero) is 1. The topological polar surface area (TPSA) is 93.7 Å². The first kappa shape index (κ1) is 29.5. The first-order valence-electron chi connectivity index (χ1n) is 14.4. The number of aliphatic hydroxyl groups is 1. The molecule has 0 unspecified atom stereocenters. The summed E-state index contributed by atoms with van der Waals surface area (Å²) in [5.41, 5.74) is 11.6. The Labute approximate surface area is 258 Å². The van der Waals surface area contributed by atoms with Crippen LogP contribution in [0.5, 0.6) is 0 Å². The number of hydrogen-bond donors (Lipinski definition) is 1. The van der Waals surface area contributed by atoms with E-state index in [4.69, 9.17) is 20.3 Å². The van der Waals surface area contributed by atoms with Gasteiger partial charge < -0.3 is 25.4 Å². The van der Waals surface area contributed by atoms with Gasteiger partial charge in [0.1, 0.15) is 0 Å². The predicted octanol–water partition coefficient (Wildman–Crippen LogP) is 4.28. The number of hydrogen-bond acceptors (Lipinski definition) is 2. The Bertz CT molecular complexity index is 1760. The molecule has 2 aliphatic heterocycles. The quantitative estimate of drug-likeness (QED) is 0.474. The summed E-state index contributed by atoms with van der Waals surface area (Å²) in [5.74, 6) is -0.431. The molecule has 0 aromatic carbocycles. The van der Waals surface area contributed by atoms with Gasteiger partial charge in [-0.2, -0.15) is 11.4 Å². The van der Waals surface area contributed by atoms with Crippen molar-refractivity contribution in [2.75, 3.05) is 6.61 Å². The van der Waals surface area contributed by atoms with Crippen molar-refractivity contribution >= 4 is 58.7 Å². The van der Waals surface area contributed by atoms with Crippen LogP contribution < -0.4 is 25.7 Å². The molecule has 0 spiro atoms. The zero-order chi connectivity index (χ0) is 28.5. The van der Waals surface area contributed by atoms with Crippen LogP contribution in [-0.4, -0.2) is 40.5 Å². The molecule has 1 saturated heterocycles. The van der Waals surface area contributed by atoms with Crippen LogP contribution in [0.3, 0.4) is 0 Å². The Morgan fingerprint density at radius 3 is 2.32 bits per heavy atom. The number of aromatic nitrogens is 3. The molecule has 5 heterocycles. The largest absolute Gasteiger partial charge is 2.00 e. The van der Waals surface area contributed by atoms with Crippen molar-refractivity contribution in [1.82, 2.24) is 15.0 Å². The summed E-state index contributed by atoms with van der Waals surface area (Å²) in [7, 11) is 0. The zero-order valence-electron chi connectivity index (χ0n) is 24.9. The van der Waals surface area contributed by atoms with Gasteiger partial charge in [0.2, 0.25) is 0 Å². The van der Waals surface area contributed by atoms with Crippen LogP contribution >= 0.6 is 0 Å². The summed E-state index contributed by atoms with van der Waals surface area (Å²) in [6.07, 6.45) is 10.8. The second-order valence-electron chi connectivity index (χ2n) is 11.4. The van der Waals surface area contributed by atoms with Gasteiger partial charge in [-0.15, -0.1) is 33.5 Å². The van der Waals surface area contributed by atoms with E-state index in [0.29, 0.717) is 11.3 Å². The maximum atomic E-state index is 13.7. The molecule has 1 aliphatic carbocycles. The molecule has 3 aliphatic rings. The fourth-order valence-corrected chi connectivity index (χ4v) is 6.88. The normalized spacial score (nSPS) is 25.5. The van der Waals surface area contributed by atoms with Crippen LogP contribution in [0, 0.1) is 38.5 Å². The van der Waals surface area contributed by atoms with Crippen molar-refractivity contribution in [2.24, 2.45) is 17.8 Å². The van der Waals surface area contributed by atoms with Crippen molar-refractivity contribution < 1.29 is 9.90 Å². The molecule has 3 aromatic rings. The van der Waals surface area contributed by atoms with Crippen LogP contribution in [-0.2, 0) is 6.42 Å². The monoisotopic (exact) mass is 556 g/mol. The third-order valence-electron chi connectivity index (χ3n) is 9.20. The van der Waals surface area contributed by atoms with Gasteiger partial charge in [-0.1, -0.05) is 85.9 Å². The SMILES string of the molecule is C=Cc1c2[n-]c(c1C)/C=C1\[N-]/C(=C3\c4[n-]c(c(C)c4C(=O)[C@@H]3CO)/C=c3\[n-]/c(c(C)c3CC)=C\2)[C@@H](CCC)[C@@H]1C.[Mg+2]. The number of carbonyl (C=O) groups excluding carboxylic acids is 1. The molecule has 1 N–H and O–H groups in total. The molecule has 6 rings (SSSR count). The number of fused-ring (bicyclic) bond motifs is 7. The van der Waals surface area contributed by atoms with E-state index in [1.807, 2.05) is 19.1 Å². The van der Waals surface area contributed by atoms with Gasteiger partial charge in [0.15, 0.2) is 5.78 Å². The first-order valence-corrected chi connectivity index (χ1v) is 14.4. The second-order valence-corrected chi connectivity index (χ2v) is 11.4. The molecule has 3 aromatic heterocycles. The third-order valence-corrected chi connectivity index (χ3v) is 9.20. The van der Waals surface area contributed by atoms with E-state index in [-0.39, 0.29) is 47.3 Å². The molecule has 1 fully saturated rings. The average Bonchev–Trinajstić information content (AvgIpc) is 3.66. The Balaban J connectivity index is 0.00000337. The summed E-state index contributed by atoms with van der Waals surface area (Å²) in [6, 6.07) is 0. The Kier molecular flexibility index (Phi) is 7.92. The van der Waals surface area contributed by atoms with E-state index in [2.05, 4.69) is 53.3 Å². The maximum Gasteiger partial charge on any atom is 2.00 e. The summed E-state index contributed by atoms with van der Waals surface area (Å²) >= 11 is 0. The Hall–Kier alpha value is -3.00. The summed E-state index contributed by atoms with van der Waals surface area (Å²) < 4.78 is 0. The van der Waals surface area contributed by atoms with Gasteiger partial charge in [0.25, 0.3) is 0 Å². The molecule has 0 saturated carbocycles. The number of rotatable bonds is 5. The average molecular weight is 557 g/mol. The number of nitrogens with zero attached hydrogens (tertiary/aromatic N) is 4. The molecule has 208 valence electrons. The molecule has 7 heteroatoms. The molecule has 8 bridgehead atoms. The van der Waals surface area contributed by atoms with E-state index >= 15 is 0 Å². The van der Waals surface area contributed by atoms with Crippen molar-refractivity contribution in [3.05, 3.63) is 90.1 Å². The molecule has 3 atom stereocenters. The number of ketones is 1. The van der Waals surface area contributed by atoms with E-state index in [0.717, 1.165) is 91.8 Å². The fourth-order valence-electron chi connectivity index (χ4n) is 6.88. The van der Waals surface area contributed by atoms with E-state index in [1.165, 1.54) is 0 Å². The van der Waals surface area contributed by atoms with Gasteiger partial charge in [0, 0.05) is 5.56 Å². The molecular formula is C34H36MgN4O2-2. The summed E-state index contributed by atoms with van der Waals surface area (Å²) in [4.78, 5) is 28.9. The van der Waals surface area contributed by atoms with Gasteiger partial charge in [0.05, 0.1) is 12.5 Å². The van der Waals surface area contributed by atoms with Crippen molar-refractivity contribution in [3.8, 4) is 0 Å². The minimum Gasteiger partial charge on any atom is -0.664 e. The van der Waals surface area contributed by atoms with E-state index < -0.39 is 5.92 Å². The van der Waals surface area contributed by atoms with Crippen LogP contribution in [0.2, 0.25) is 0 Å². The van der Waals surface area contributed by atoms with Crippen molar-refractivity contribution in [1.29, 1.82) is 0 Å². The second kappa shape index (κ2) is 11.0. The zero-order valence-corrected chi connectivity index (χ0v) is 26.3. The van der Waals surface area contributed by atoms with Gasteiger partial charge in [-0.25, -0.2) is 0 Å². The van der Waals surface area contributed by atoms with Crippen LogP contribution in [0.25, 0.3) is 35.2 Å². The number of carbonyl (C=O) groups is 1. The smallest absolute Gasteiger partial charge is 0.664 e. The van der Waals surface area contributed by atoms with Gasteiger partial charge in [-0.05, 0) is 51.0 Å². The Morgan fingerprint density at radius 1 is 0.951 bits per heavy atom. The van der Waals surface area contributed by atoms with Crippen molar-refractivity contribution in [3.63, 3.8) is 0 Å².